The molecule has 0 amide bonds. The van der Waals surface area contributed by atoms with Gasteiger partial charge in [0.15, 0.2) is 5.11 Å². The lowest BCUT2D eigenvalue weighted by Crippen LogP contribution is -2.32. The molecule has 0 bridgehead atoms. The van der Waals surface area contributed by atoms with Crippen LogP contribution in [0, 0.1) is 0 Å². The van der Waals surface area contributed by atoms with Gasteiger partial charge in [0.25, 0.3) is 0 Å². The molecule has 7 heteroatoms. The average Bonchev–Trinajstić information content (AvgIpc) is 3.39. The Balaban J connectivity index is 1.73. The number of thiocarbonyl (C=S) groups is 1. The Morgan fingerprint density at radius 2 is 1.90 bits per heavy atom. The number of methoxy groups -OCH3 is 1. The van der Waals surface area contributed by atoms with Crippen molar-refractivity contribution in [1.29, 1.82) is 0 Å². The number of nitrogens with one attached hydrogen (secondary N) is 1. The first-order valence-corrected chi connectivity index (χ1v) is 10.9. The normalized spacial score (nSPS) is 18.3. The standard InChI is InChI=1S/C24H29N5OS/c1-27(2)18-10-12-19(13-11-18)28-15-6-9-21(28)23-22(20-8-4-5-14-25-20)26-24(31)29(23)16-7-17-30-3/h4-6,8-15,22-23H,7,16-17H2,1-3H3,(H,26,31). The molecule has 0 radical (unpaired) electrons. The number of benzene rings is 1. The maximum absolute atomic E-state index is 5.76. The topological polar surface area (TPSA) is 45.6 Å². The van der Waals surface area contributed by atoms with Gasteiger partial charge in [0.05, 0.1) is 17.8 Å². The molecule has 3 heterocycles. The minimum atomic E-state index is -0.0223. The van der Waals surface area contributed by atoms with Crippen LogP contribution in [0.15, 0.2) is 67.0 Å². The van der Waals surface area contributed by atoms with Gasteiger partial charge in [0.2, 0.25) is 0 Å². The molecule has 1 saturated heterocycles. The van der Waals surface area contributed by atoms with E-state index in [1.807, 2.05) is 18.3 Å². The first kappa shape index (κ1) is 21.3. The van der Waals surface area contributed by atoms with E-state index in [0.29, 0.717) is 6.61 Å². The molecule has 0 saturated carbocycles. The third-order valence-electron chi connectivity index (χ3n) is 5.67. The predicted molar refractivity (Wildman–Crippen MR) is 129 cm³/mol. The molecule has 1 fully saturated rings. The highest BCUT2D eigenvalue weighted by Gasteiger charge is 2.40. The monoisotopic (exact) mass is 435 g/mol. The largest absolute Gasteiger partial charge is 0.385 e. The van der Waals surface area contributed by atoms with Crippen LogP contribution in [0.25, 0.3) is 5.69 Å². The molecule has 4 rings (SSSR count). The van der Waals surface area contributed by atoms with Gasteiger partial charge >= 0.3 is 0 Å². The van der Waals surface area contributed by atoms with Crippen molar-refractivity contribution in [3.8, 4) is 5.69 Å². The van der Waals surface area contributed by atoms with Crippen LogP contribution in [0.2, 0.25) is 0 Å². The third kappa shape index (κ3) is 4.43. The second-order valence-corrected chi connectivity index (χ2v) is 8.27. The molecule has 3 aromatic rings. The summed E-state index contributed by atoms with van der Waals surface area (Å²) in [6.45, 7) is 1.52. The molecule has 1 aromatic carbocycles. The third-order valence-corrected chi connectivity index (χ3v) is 6.03. The van der Waals surface area contributed by atoms with Crippen molar-refractivity contribution in [3.05, 3.63) is 78.4 Å². The van der Waals surface area contributed by atoms with E-state index < -0.39 is 0 Å². The Kier molecular flexibility index (Phi) is 6.53. The molecule has 1 aliphatic rings. The Hall–Kier alpha value is -2.90. The number of nitrogens with zero attached hydrogens (tertiary/aromatic N) is 4. The van der Waals surface area contributed by atoms with Gasteiger partial charge in [-0.1, -0.05) is 6.07 Å². The minimum absolute atomic E-state index is 0.0223. The van der Waals surface area contributed by atoms with Crippen molar-refractivity contribution >= 4 is 23.0 Å². The fourth-order valence-corrected chi connectivity index (χ4v) is 4.46. The van der Waals surface area contributed by atoms with E-state index in [1.54, 1.807) is 7.11 Å². The molecule has 1 aliphatic heterocycles. The van der Waals surface area contributed by atoms with E-state index in [9.17, 15) is 0 Å². The SMILES string of the molecule is COCCCN1C(=S)NC(c2ccccn2)C1c1cccn1-c1ccc(N(C)C)cc1. The molecule has 2 unspecified atom stereocenters. The zero-order valence-corrected chi connectivity index (χ0v) is 19.0. The molecule has 0 aliphatic carbocycles. The summed E-state index contributed by atoms with van der Waals surface area (Å²) in [5.41, 5.74) is 4.46. The lowest BCUT2D eigenvalue weighted by molar-refractivity contribution is 0.180. The van der Waals surface area contributed by atoms with E-state index in [1.165, 1.54) is 11.4 Å². The van der Waals surface area contributed by atoms with Gasteiger partial charge in [-0.2, -0.15) is 0 Å². The zero-order chi connectivity index (χ0) is 21.8. The molecule has 2 aromatic heterocycles. The number of rotatable bonds is 8. The molecular weight excluding hydrogens is 406 g/mol. The van der Waals surface area contributed by atoms with Crippen molar-refractivity contribution in [1.82, 2.24) is 19.8 Å². The smallest absolute Gasteiger partial charge is 0.170 e. The maximum Gasteiger partial charge on any atom is 0.170 e. The lowest BCUT2D eigenvalue weighted by Gasteiger charge is -2.29. The van der Waals surface area contributed by atoms with Crippen LogP contribution in [0.4, 0.5) is 5.69 Å². The summed E-state index contributed by atoms with van der Waals surface area (Å²) in [6, 6.07) is 18.9. The summed E-state index contributed by atoms with van der Waals surface area (Å²) in [4.78, 5) is 9.01. The molecule has 0 spiro atoms. The quantitative estimate of drug-likeness (QED) is 0.427. The number of pyridine rings is 1. The van der Waals surface area contributed by atoms with Gasteiger partial charge < -0.3 is 24.4 Å². The highest BCUT2D eigenvalue weighted by Crippen LogP contribution is 2.39. The highest BCUT2D eigenvalue weighted by molar-refractivity contribution is 7.80. The van der Waals surface area contributed by atoms with E-state index in [2.05, 4.69) is 87.4 Å². The number of anilines is 1. The van der Waals surface area contributed by atoms with Gasteiger partial charge in [-0.3, -0.25) is 4.98 Å². The van der Waals surface area contributed by atoms with E-state index in [4.69, 9.17) is 17.0 Å². The van der Waals surface area contributed by atoms with Gasteiger partial charge in [0, 0.05) is 63.8 Å². The van der Waals surface area contributed by atoms with Crippen molar-refractivity contribution in [2.24, 2.45) is 0 Å². The van der Waals surface area contributed by atoms with E-state index in [0.717, 1.165) is 29.5 Å². The fraction of sp³-hybridized carbons (Fsp3) is 0.333. The molecule has 31 heavy (non-hydrogen) atoms. The van der Waals surface area contributed by atoms with Gasteiger partial charge in [0.1, 0.15) is 0 Å². The van der Waals surface area contributed by atoms with Crippen LogP contribution in [0.1, 0.15) is 29.9 Å². The second kappa shape index (κ2) is 9.49. The van der Waals surface area contributed by atoms with Crippen LogP contribution < -0.4 is 10.2 Å². The Morgan fingerprint density at radius 1 is 1.10 bits per heavy atom. The van der Waals surface area contributed by atoms with Crippen molar-refractivity contribution in [3.63, 3.8) is 0 Å². The van der Waals surface area contributed by atoms with Crippen LogP contribution in [0.3, 0.4) is 0 Å². The second-order valence-electron chi connectivity index (χ2n) is 7.88. The molecule has 2 atom stereocenters. The number of hydrogen-bond donors (Lipinski definition) is 1. The van der Waals surface area contributed by atoms with Crippen molar-refractivity contribution in [2.75, 3.05) is 39.3 Å². The lowest BCUT2D eigenvalue weighted by atomic mass is 10.0. The molecular formula is C24H29N5OS. The summed E-state index contributed by atoms with van der Waals surface area (Å²) in [7, 11) is 5.84. The first-order chi connectivity index (χ1) is 15.1. The van der Waals surface area contributed by atoms with Crippen molar-refractivity contribution in [2.45, 2.75) is 18.5 Å². The van der Waals surface area contributed by atoms with Crippen LogP contribution in [0.5, 0.6) is 0 Å². The molecule has 6 nitrogen and oxygen atoms in total. The first-order valence-electron chi connectivity index (χ1n) is 10.5. The van der Waals surface area contributed by atoms with Crippen LogP contribution in [-0.4, -0.2) is 53.9 Å². The minimum Gasteiger partial charge on any atom is -0.385 e. The van der Waals surface area contributed by atoms with Gasteiger partial charge in [-0.15, -0.1) is 0 Å². The number of ether oxygens (including phenoxy) is 1. The fourth-order valence-electron chi connectivity index (χ4n) is 4.13. The maximum atomic E-state index is 5.76. The molecule has 1 N–H and O–H groups in total. The highest BCUT2D eigenvalue weighted by atomic mass is 32.1. The van der Waals surface area contributed by atoms with E-state index >= 15 is 0 Å². The summed E-state index contributed by atoms with van der Waals surface area (Å²) in [5.74, 6) is 0. The zero-order valence-electron chi connectivity index (χ0n) is 18.2. The Bertz CT molecular complexity index is 1000. The average molecular weight is 436 g/mol. The van der Waals surface area contributed by atoms with Crippen LogP contribution >= 0.6 is 12.2 Å². The Morgan fingerprint density at radius 3 is 2.58 bits per heavy atom. The summed E-state index contributed by atoms with van der Waals surface area (Å²) >= 11 is 5.76. The van der Waals surface area contributed by atoms with Crippen molar-refractivity contribution < 1.29 is 4.74 Å². The van der Waals surface area contributed by atoms with Gasteiger partial charge in [-0.25, -0.2) is 0 Å². The summed E-state index contributed by atoms with van der Waals surface area (Å²) in [5, 5.41) is 4.28. The number of aromatic nitrogens is 2. The molecule has 162 valence electrons. The summed E-state index contributed by atoms with van der Waals surface area (Å²) < 4.78 is 7.53. The van der Waals surface area contributed by atoms with E-state index in [-0.39, 0.29) is 12.1 Å². The number of hydrogen-bond acceptors (Lipinski definition) is 4. The predicted octanol–water partition coefficient (Wildman–Crippen LogP) is 3.95. The summed E-state index contributed by atoms with van der Waals surface area (Å²) in [6.07, 6.45) is 4.86. The van der Waals surface area contributed by atoms with Crippen LogP contribution in [-0.2, 0) is 4.74 Å². The van der Waals surface area contributed by atoms with Gasteiger partial charge in [-0.05, 0) is 67.2 Å². The Labute approximate surface area is 189 Å².